The van der Waals surface area contributed by atoms with E-state index in [9.17, 15) is 0 Å². The first-order valence-corrected chi connectivity index (χ1v) is 17.8. The topological polar surface area (TPSA) is 3.24 Å². The van der Waals surface area contributed by atoms with Gasteiger partial charge in [-0.3, -0.25) is 0 Å². The van der Waals surface area contributed by atoms with Crippen LogP contribution in [0, 0.1) is 0 Å². The maximum atomic E-state index is 2.49. The summed E-state index contributed by atoms with van der Waals surface area (Å²) in [5.41, 5.74) is 12.7. The van der Waals surface area contributed by atoms with E-state index in [4.69, 9.17) is 0 Å². The van der Waals surface area contributed by atoms with Crippen molar-refractivity contribution in [1.29, 1.82) is 0 Å². The van der Waals surface area contributed by atoms with Gasteiger partial charge in [-0.15, -0.1) is 0 Å². The Morgan fingerprint density at radius 3 is 1.76 bits per heavy atom. The lowest BCUT2D eigenvalue weighted by molar-refractivity contribution is 0.590. The van der Waals surface area contributed by atoms with Gasteiger partial charge in [-0.05, 0) is 101 Å². The third kappa shape index (κ3) is 4.68. The Bertz CT molecular complexity index is 2590. The van der Waals surface area contributed by atoms with E-state index in [1.807, 2.05) is 0 Å². The van der Waals surface area contributed by atoms with E-state index in [1.54, 1.807) is 0 Å². The molecule has 0 radical (unpaired) electrons. The molecule has 0 heterocycles. The monoisotopic (exact) mass is 643 g/mol. The molecule has 0 saturated heterocycles. The van der Waals surface area contributed by atoms with Crippen LogP contribution in [0.5, 0.6) is 0 Å². The molecule has 0 amide bonds. The van der Waals surface area contributed by atoms with Crippen LogP contribution in [-0.4, -0.2) is 0 Å². The van der Waals surface area contributed by atoms with E-state index < -0.39 is 0 Å². The molecule has 1 aliphatic carbocycles. The van der Waals surface area contributed by atoms with E-state index in [0.29, 0.717) is 0 Å². The molecule has 8 aromatic carbocycles. The van der Waals surface area contributed by atoms with Crippen LogP contribution in [0.2, 0.25) is 0 Å². The van der Waals surface area contributed by atoms with Gasteiger partial charge in [0.25, 0.3) is 0 Å². The first kappa shape index (κ1) is 30.4. The summed E-state index contributed by atoms with van der Waals surface area (Å²) in [6, 6.07) is 58.8. The summed E-state index contributed by atoms with van der Waals surface area (Å²) in [4.78, 5) is 2.49. The van der Waals surface area contributed by atoms with Crippen LogP contribution in [0.1, 0.15) is 51.3 Å². The van der Waals surface area contributed by atoms with Crippen LogP contribution in [0.3, 0.4) is 0 Å². The van der Waals surface area contributed by atoms with Gasteiger partial charge in [-0.2, -0.15) is 0 Å². The normalized spacial score (nSPS) is 13.5. The third-order valence-corrected chi connectivity index (χ3v) is 11.0. The standard InChI is InChI=1S/C49H41N/c1-48(2,3)35-23-25-36(26-24-35)50(37-27-29-44-43(31-37)42-28-21-34-15-8-11-19-40(34)47(42)49(44,4)5)45-30-22-33-14-7-10-18-39(33)46(45)41-20-12-16-32-13-6-9-17-38(32)41/h6-31H,1-5H3. The van der Waals surface area contributed by atoms with Crippen LogP contribution in [-0.2, 0) is 10.8 Å². The lowest BCUT2D eigenvalue weighted by Crippen LogP contribution is -2.16. The average molecular weight is 644 g/mol. The van der Waals surface area contributed by atoms with E-state index in [1.165, 1.54) is 76.9 Å². The van der Waals surface area contributed by atoms with Gasteiger partial charge in [-0.1, -0.05) is 162 Å². The van der Waals surface area contributed by atoms with Crippen molar-refractivity contribution in [2.24, 2.45) is 0 Å². The van der Waals surface area contributed by atoms with E-state index in [0.717, 1.165) is 11.4 Å². The van der Waals surface area contributed by atoms with Crippen molar-refractivity contribution in [3.63, 3.8) is 0 Å². The fourth-order valence-corrected chi connectivity index (χ4v) is 8.45. The zero-order chi connectivity index (χ0) is 34.2. The molecule has 1 heteroatoms. The first-order valence-electron chi connectivity index (χ1n) is 17.8. The van der Waals surface area contributed by atoms with Crippen molar-refractivity contribution in [3.05, 3.63) is 174 Å². The molecule has 0 N–H and O–H groups in total. The van der Waals surface area contributed by atoms with Crippen molar-refractivity contribution in [3.8, 4) is 22.3 Å². The van der Waals surface area contributed by atoms with Crippen LogP contribution in [0.25, 0.3) is 54.6 Å². The molecular formula is C49H41N. The molecule has 1 aliphatic rings. The second kappa shape index (κ2) is 11.2. The number of hydrogen-bond acceptors (Lipinski definition) is 1. The summed E-state index contributed by atoms with van der Waals surface area (Å²) in [5, 5.41) is 7.62. The van der Waals surface area contributed by atoms with Crippen molar-refractivity contribution in [2.75, 3.05) is 4.90 Å². The minimum atomic E-state index is -0.111. The maximum Gasteiger partial charge on any atom is 0.0546 e. The molecular weight excluding hydrogens is 603 g/mol. The molecule has 0 fully saturated rings. The number of benzene rings is 8. The highest BCUT2D eigenvalue weighted by Crippen LogP contribution is 2.54. The van der Waals surface area contributed by atoms with Crippen molar-refractivity contribution >= 4 is 49.4 Å². The summed E-state index contributed by atoms with van der Waals surface area (Å²) < 4.78 is 0. The van der Waals surface area contributed by atoms with Gasteiger partial charge in [-0.25, -0.2) is 0 Å². The van der Waals surface area contributed by atoms with Crippen LogP contribution < -0.4 is 4.90 Å². The summed E-state index contributed by atoms with van der Waals surface area (Å²) >= 11 is 0. The Morgan fingerprint density at radius 1 is 0.460 bits per heavy atom. The molecule has 0 unspecified atom stereocenters. The highest BCUT2D eigenvalue weighted by atomic mass is 15.1. The summed E-state index contributed by atoms with van der Waals surface area (Å²) in [6.45, 7) is 11.6. The smallest absolute Gasteiger partial charge is 0.0546 e. The number of hydrogen-bond donors (Lipinski definition) is 0. The van der Waals surface area contributed by atoms with Gasteiger partial charge in [0, 0.05) is 22.4 Å². The lowest BCUT2D eigenvalue weighted by Gasteiger charge is -2.30. The number of nitrogens with zero attached hydrogens (tertiary/aromatic N) is 1. The van der Waals surface area contributed by atoms with E-state index in [-0.39, 0.29) is 10.8 Å². The Morgan fingerprint density at radius 2 is 1.04 bits per heavy atom. The van der Waals surface area contributed by atoms with Gasteiger partial charge in [0.15, 0.2) is 0 Å². The summed E-state index contributed by atoms with van der Waals surface area (Å²) in [6.07, 6.45) is 0. The van der Waals surface area contributed by atoms with Gasteiger partial charge in [0.05, 0.1) is 5.69 Å². The minimum absolute atomic E-state index is 0.0616. The molecule has 9 rings (SSSR count). The van der Waals surface area contributed by atoms with E-state index >= 15 is 0 Å². The SMILES string of the molecule is CC(C)(C)c1ccc(N(c2ccc3c(c2)-c2ccc4ccccc4c2C3(C)C)c2ccc3ccccc3c2-c2cccc3ccccc23)cc1. The fourth-order valence-electron chi connectivity index (χ4n) is 8.45. The molecule has 1 nitrogen and oxygen atoms in total. The van der Waals surface area contributed by atoms with E-state index in [2.05, 4.69) is 197 Å². The van der Waals surface area contributed by atoms with Crippen LogP contribution >= 0.6 is 0 Å². The van der Waals surface area contributed by atoms with Gasteiger partial charge >= 0.3 is 0 Å². The highest BCUT2D eigenvalue weighted by molar-refractivity contribution is 6.11. The zero-order valence-corrected chi connectivity index (χ0v) is 29.5. The lowest BCUT2D eigenvalue weighted by atomic mass is 9.80. The van der Waals surface area contributed by atoms with Crippen molar-refractivity contribution in [2.45, 2.75) is 45.4 Å². The summed E-state index contributed by atoms with van der Waals surface area (Å²) in [5.74, 6) is 0. The highest BCUT2D eigenvalue weighted by Gasteiger charge is 2.37. The molecule has 0 atom stereocenters. The van der Waals surface area contributed by atoms with Crippen LogP contribution in [0.4, 0.5) is 17.1 Å². The first-order chi connectivity index (χ1) is 24.2. The number of rotatable bonds is 4. The molecule has 0 saturated carbocycles. The Kier molecular flexibility index (Phi) is 6.80. The van der Waals surface area contributed by atoms with Crippen LogP contribution in [0.15, 0.2) is 158 Å². The summed E-state index contributed by atoms with van der Waals surface area (Å²) in [7, 11) is 0. The van der Waals surface area contributed by atoms with Crippen molar-refractivity contribution < 1.29 is 0 Å². The predicted molar refractivity (Wildman–Crippen MR) is 215 cm³/mol. The second-order valence-corrected chi connectivity index (χ2v) is 15.4. The molecule has 0 spiro atoms. The molecule has 8 aromatic rings. The molecule has 50 heavy (non-hydrogen) atoms. The minimum Gasteiger partial charge on any atom is -0.310 e. The molecule has 0 aromatic heterocycles. The second-order valence-electron chi connectivity index (χ2n) is 15.4. The Balaban J connectivity index is 1.34. The molecule has 0 bridgehead atoms. The van der Waals surface area contributed by atoms with Gasteiger partial charge in [0.1, 0.15) is 0 Å². The number of anilines is 3. The predicted octanol–water partition coefficient (Wildman–Crippen LogP) is 13.9. The van der Waals surface area contributed by atoms with Gasteiger partial charge in [0.2, 0.25) is 0 Å². The number of fused-ring (bicyclic) bond motifs is 7. The quantitative estimate of drug-likeness (QED) is 0.184. The Labute approximate surface area is 295 Å². The third-order valence-electron chi connectivity index (χ3n) is 11.0. The van der Waals surface area contributed by atoms with Crippen molar-refractivity contribution in [1.82, 2.24) is 0 Å². The molecule has 0 aliphatic heterocycles. The average Bonchev–Trinajstić information content (AvgIpc) is 3.37. The van der Waals surface area contributed by atoms with Gasteiger partial charge < -0.3 is 4.90 Å². The zero-order valence-electron chi connectivity index (χ0n) is 29.5. The molecule has 242 valence electrons. The largest absolute Gasteiger partial charge is 0.310 e. The maximum absolute atomic E-state index is 2.49. The fraction of sp³-hybridized carbons (Fsp3) is 0.143. The Hall–Kier alpha value is -5.66.